The monoisotopic (exact) mass is 499 g/mol. The number of amides is 3. The number of aliphatic carboxylic acids is 1. The average molecular weight is 500 g/mol. The van der Waals surface area contributed by atoms with E-state index in [9.17, 15) is 19.5 Å². The third kappa shape index (κ3) is 7.23. The van der Waals surface area contributed by atoms with Crippen LogP contribution < -0.4 is 15.4 Å². The lowest BCUT2D eigenvalue weighted by atomic mass is 9.91. The molecular weight excluding hydrogens is 470 g/mol. The summed E-state index contributed by atoms with van der Waals surface area (Å²) in [5.74, 6) is -0.737. The first kappa shape index (κ1) is 26.1. The van der Waals surface area contributed by atoms with Crippen molar-refractivity contribution in [1.82, 2.24) is 15.5 Å². The number of carbonyl (C=O) groups excluding carboxylic acids is 2. The third-order valence-corrected chi connectivity index (χ3v) is 6.21. The van der Waals surface area contributed by atoms with Gasteiger partial charge in [-0.05, 0) is 55.2 Å². The minimum Gasteiger partial charge on any atom is -0.484 e. The number of hydrogen-bond acceptors (Lipinski definition) is 4. The number of aryl methyl sites for hydroxylation is 1. The lowest BCUT2D eigenvalue weighted by Crippen LogP contribution is -2.46. The van der Waals surface area contributed by atoms with Gasteiger partial charge in [0.05, 0.1) is 12.5 Å². The Morgan fingerprint density at radius 3 is 2.71 bits per heavy atom. The van der Waals surface area contributed by atoms with E-state index in [2.05, 4.69) is 17.2 Å². The molecule has 0 saturated carbocycles. The highest BCUT2D eigenvalue weighted by atomic mass is 35.5. The van der Waals surface area contributed by atoms with Crippen molar-refractivity contribution in [1.29, 1.82) is 0 Å². The second-order valence-electron chi connectivity index (χ2n) is 8.66. The molecule has 2 atom stereocenters. The van der Waals surface area contributed by atoms with E-state index < -0.39 is 18.0 Å². The molecule has 3 rings (SSSR count). The van der Waals surface area contributed by atoms with Gasteiger partial charge in [0.25, 0.3) is 5.91 Å². The van der Waals surface area contributed by atoms with E-state index in [1.165, 1.54) is 4.90 Å². The highest BCUT2D eigenvalue weighted by Gasteiger charge is 2.32. The molecule has 0 fully saturated rings. The number of carboxylic acid groups (broad SMARTS) is 1. The first-order valence-electron chi connectivity index (χ1n) is 11.4. The second kappa shape index (κ2) is 11.8. The molecular formula is C26H30ClN3O5. The molecule has 0 radical (unpaired) electrons. The molecule has 0 bridgehead atoms. The maximum absolute atomic E-state index is 13.0. The Kier molecular flexibility index (Phi) is 8.76. The van der Waals surface area contributed by atoms with Gasteiger partial charge in [-0.3, -0.25) is 9.59 Å². The maximum Gasteiger partial charge on any atom is 0.322 e. The maximum atomic E-state index is 13.0. The minimum atomic E-state index is -0.976. The fourth-order valence-electron chi connectivity index (χ4n) is 4.15. The molecule has 9 heteroatoms. The van der Waals surface area contributed by atoms with Crippen molar-refractivity contribution in [3.8, 4) is 5.75 Å². The zero-order valence-corrected chi connectivity index (χ0v) is 20.6. The molecule has 1 aliphatic rings. The lowest BCUT2D eigenvalue weighted by molar-refractivity contribution is -0.138. The van der Waals surface area contributed by atoms with E-state index in [-0.39, 0.29) is 25.0 Å². The number of halogens is 1. The zero-order valence-electron chi connectivity index (χ0n) is 19.8. The Morgan fingerprint density at radius 2 is 2.00 bits per heavy atom. The summed E-state index contributed by atoms with van der Waals surface area (Å²) in [6.45, 7) is 7.80. The fourth-order valence-corrected chi connectivity index (χ4v) is 4.26. The number of nitrogens with zero attached hydrogens (tertiary/aromatic N) is 1. The molecule has 0 aromatic heterocycles. The van der Waals surface area contributed by atoms with Crippen LogP contribution in [0.1, 0.15) is 42.5 Å². The van der Waals surface area contributed by atoms with Crippen LogP contribution in [-0.2, 0) is 16.0 Å². The number of carboxylic acids is 1. The van der Waals surface area contributed by atoms with E-state index >= 15 is 0 Å². The average Bonchev–Trinajstić information content (AvgIpc) is 2.79. The number of fused-ring (bicyclic) bond motifs is 1. The summed E-state index contributed by atoms with van der Waals surface area (Å²) < 4.78 is 5.51. The highest BCUT2D eigenvalue weighted by Crippen LogP contribution is 2.32. The Hall–Kier alpha value is -3.52. The first-order valence-corrected chi connectivity index (χ1v) is 11.7. The largest absolute Gasteiger partial charge is 0.484 e. The quantitative estimate of drug-likeness (QED) is 0.478. The van der Waals surface area contributed by atoms with Gasteiger partial charge in [0, 0.05) is 29.7 Å². The van der Waals surface area contributed by atoms with Crippen LogP contribution in [0.3, 0.4) is 0 Å². The van der Waals surface area contributed by atoms with Gasteiger partial charge in [0.1, 0.15) is 5.75 Å². The predicted molar refractivity (Wildman–Crippen MR) is 133 cm³/mol. The number of nitrogens with one attached hydrogen (secondary N) is 2. The van der Waals surface area contributed by atoms with E-state index in [1.807, 2.05) is 31.2 Å². The van der Waals surface area contributed by atoms with Crippen LogP contribution in [0.15, 0.2) is 54.7 Å². The molecule has 3 N–H and O–H groups in total. The Balaban J connectivity index is 1.50. The number of rotatable bonds is 9. The molecule has 8 nitrogen and oxygen atoms in total. The van der Waals surface area contributed by atoms with Gasteiger partial charge in [-0.25, -0.2) is 4.79 Å². The second-order valence-corrected chi connectivity index (χ2v) is 9.07. The van der Waals surface area contributed by atoms with Gasteiger partial charge in [0.15, 0.2) is 6.61 Å². The van der Waals surface area contributed by atoms with Gasteiger partial charge < -0.3 is 25.4 Å². The molecule has 2 aromatic rings. The van der Waals surface area contributed by atoms with Gasteiger partial charge in [-0.2, -0.15) is 0 Å². The van der Waals surface area contributed by atoms with Crippen LogP contribution in [0.4, 0.5) is 4.79 Å². The normalized spacial score (nSPS) is 15.5. The highest BCUT2D eigenvalue weighted by molar-refractivity contribution is 6.31. The molecule has 0 aliphatic carbocycles. The molecule has 0 spiro atoms. The van der Waals surface area contributed by atoms with E-state index in [0.717, 1.165) is 16.7 Å². The molecule has 2 aromatic carbocycles. The minimum absolute atomic E-state index is 0.158. The van der Waals surface area contributed by atoms with Gasteiger partial charge in [-0.15, -0.1) is 0 Å². The summed E-state index contributed by atoms with van der Waals surface area (Å²) in [6, 6.07) is 11.5. The molecule has 35 heavy (non-hydrogen) atoms. The van der Waals surface area contributed by atoms with Crippen LogP contribution >= 0.6 is 11.6 Å². The van der Waals surface area contributed by atoms with Crippen molar-refractivity contribution < 1.29 is 24.2 Å². The van der Waals surface area contributed by atoms with Crippen LogP contribution in [0.2, 0.25) is 5.02 Å². The molecule has 1 aliphatic heterocycles. The summed E-state index contributed by atoms with van der Waals surface area (Å²) in [7, 11) is 0. The van der Waals surface area contributed by atoms with Crippen LogP contribution in [-0.4, -0.2) is 47.1 Å². The SMILES string of the molecule is C=C(CC(C)NC(=O)COc1ccc(Cl)c(C)c1)NC(=O)N1CCc2ccccc2C1CC(=O)O. The Labute approximate surface area is 209 Å². The lowest BCUT2D eigenvalue weighted by Gasteiger charge is -2.37. The summed E-state index contributed by atoms with van der Waals surface area (Å²) >= 11 is 6.00. The number of urea groups is 1. The summed E-state index contributed by atoms with van der Waals surface area (Å²) in [6.07, 6.45) is 0.772. The summed E-state index contributed by atoms with van der Waals surface area (Å²) in [4.78, 5) is 38.2. The van der Waals surface area contributed by atoms with Gasteiger partial charge in [0.2, 0.25) is 0 Å². The van der Waals surface area contributed by atoms with Crippen LogP contribution in [0.5, 0.6) is 5.75 Å². The molecule has 3 amide bonds. The van der Waals surface area contributed by atoms with Crippen LogP contribution in [0.25, 0.3) is 0 Å². The van der Waals surface area contributed by atoms with E-state index in [1.54, 1.807) is 25.1 Å². The van der Waals surface area contributed by atoms with Crippen molar-refractivity contribution in [2.24, 2.45) is 0 Å². The van der Waals surface area contributed by atoms with Crippen LogP contribution in [0, 0.1) is 6.92 Å². The topological polar surface area (TPSA) is 108 Å². The molecule has 186 valence electrons. The number of hydrogen-bond donors (Lipinski definition) is 3. The van der Waals surface area contributed by atoms with Crippen molar-refractivity contribution in [2.75, 3.05) is 13.2 Å². The smallest absolute Gasteiger partial charge is 0.322 e. The number of benzene rings is 2. The van der Waals surface area contributed by atoms with Crippen molar-refractivity contribution >= 4 is 29.5 Å². The van der Waals surface area contributed by atoms with Gasteiger partial charge >= 0.3 is 12.0 Å². The summed E-state index contributed by atoms with van der Waals surface area (Å²) in [5.41, 5.74) is 3.17. The first-order chi connectivity index (χ1) is 16.6. The molecule has 1 heterocycles. The Bertz CT molecular complexity index is 1120. The standard InChI is InChI=1S/C26H30ClN3O5/c1-16-12-20(8-9-22(16)27)35-15-24(31)28-17(2)13-18(3)29-26(34)30-11-10-19-6-4-5-7-21(19)23(30)14-25(32)33/h4-9,12,17,23H,3,10-11,13-15H2,1-2H3,(H,28,31)(H,29,34)(H,32,33). The fraction of sp³-hybridized carbons (Fsp3) is 0.346. The third-order valence-electron chi connectivity index (χ3n) is 5.78. The predicted octanol–water partition coefficient (Wildman–Crippen LogP) is 4.22. The zero-order chi connectivity index (χ0) is 25.5. The van der Waals surface area contributed by atoms with E-state index in [4.69, 9.17) is 16.3 Å². The van der Waals surface area contributed by atoms with Crippen molar-refractivity contribution in [3.05, 3.63) is 76.5 Å². The molecule has 0 saturated heterocycles. The number of carbonyl (C=O) groups is 3. The molecule has 2 unspecified atom stereocenters. The Morgan fingerprint density at radius 1 is 1.26 bits per heavy atom. The van der Waals surface area contributed by atoms with E-state index in [0.29, 0.717) is 35.9 Å². The van der Waals surface area contributed by atoms with Gasteiger partial charge in [-0.1, -0.05) is 42.4 Å². The number of ether oxygens (including phenoxy) is 1. The summed E-state index contributed by atoms with van der Waals surface area (Å²) in [5, 5.41) is 15.6. The van der Waals surface area contributed by atoms with Crippen molar-refractivity contribution in [3.63, 3.8) is 0 Å². The van der Waals surface area contributed by atoms with Crippen molar-refractivity contribution in [2.45, 2.75) is 45.2 Å².